The average molecular weight is 348 g/mol. The number of aliphatic hydroxyl groups is 1. The molecule has 6 heteroatoms. The van der Waals surface area contributed by atoms with Crippen LogP contribution in [0.25, 0.3) is 0 Å². The van der Waals surface area contributed by atoms with Gasteiger partial charge in [-0.2, -0.15) is 0 Å². The first-order valence-corrected chi connectivity index (χ1v) is 7.41. The first kappa shape index (κ1) is 17.2. The van der Waals surface area contributed by atoms with Crippen molar-refractivity contribution in [2.24, 2.45) is 0 Å². The van der Waals surface area contributed by atoms with E-state index in [2.05, 4.69) is 21.2 Å². The maximum atomic E-state index is 8.61. The van der Waals surface area contributed by atoms with E-state index in [9.17, 15) is 0 Å². The molecular weight excluding hydrogens is 326 g/mol. The maximum Gasteiger partial charge on any atom is 0.166 e. The lowest BCUT2D eigenvalue weighted by Crippen LogP contribution is -2.20. The van der Waals surface area contributed by atoms with Crippen molar-refractivity contribution < 1.29 is 19.3 Å². The van der Waals surface area contributed by atoms with Crippen molar-refractivity contribution in [3.63, 3.8) is 0 Å². The number of halogens is 1. The van der Waals surface area contributed by atoms with Gasteiger partial charge in [-0.15, -0.1) is 0 Å². The van der Waals surface area contributed by atoms with Crippen LogP contribution in [0.1, 0.15) is 12.5 Å². The molecular formula is C14H22BrNO4. The van der Waals surface area contributed by atoms with E-state index < -0.39 is 0 Å². The predicted octanol–water partition coefficient (Wildman–Crippen LogP) is 1.95. The van der Waals surface area contributed by atoms with Crippen LogP contribution in [0.4, 0.5) is 0 Å². The minimum absolute atomic E-state index is 0.0515. The molecule has 0 aliphatic carbocycles. The summed E-state index contributed by atoms with van der Waals surface area (Å²) in [6.07, 6.45) is 0. The molecule has 0 amide bonds. The van der Waals surface area contributed by atoms with Crippen molar-refractivity contribution in [1.82, 2.24) is 5.32 Å². The third-order valence-corrected chi connectivity index (χ3v) is 3.38. The standard InChI is InChI=1S/C14H22BrNO4/c1-3-20-14-11(10-16-6-8-19-9-7-17)12(15)4-5-13(14)18-2/h4-5,16-17H,3,6-10H2,1-2H3. The summed E-state index contributed by atoms with van der Waals surface area (Å²) in [5.41, 5.74) is 1.02. The van der Waals surface area contributed by atoms with E-state index in [-0.39, 0.29) is 6.61 Å². The number of rotatable bonds is 10. The van der Waals surface area contributed by atoms with Gasteiger partial charge in [-0.25, -0.2) is 0 Å². The molecule has 114 valence electrons. The lowest BCUT2D eigenvalue weighted by atomic mass is 10.2. The van der Waals surface area contributed by atoms with Crippen LogP contribution in [-0.2, 0) is 11.3 Å². The molecule has 5 nitrogen and oxygen atoms in total. The third-order valence-electron chi connectivity index (χ3n) is 2.64. The second-order valence-electron chi connectivity index (χ2n) is 4.00. The van der Waals surface area contributed by atoms with Crippen LogP contribution in [0, 0.1) is 0 Å². The summed E-state index contributed by atoms with van der Waals surface area (Å²) in [5.74, 6) is 1.48. The Bertz CT molecular complexity index is 401. The molecule has 1 aromatic carbocycles. The van der Waals surface area contributed by atoms with Crippen LogP contribution < -0.4 is 14.8 Å². The van der Waals surface area contributed by atoms with Gasteiger partial charge < -0.3 is 24.6 Å². The number of benzene rings is 1. The smallest absolute Gasteiger partial charge is 0.166 e. The van der Waals surface area contributed by atoms with E-state index in [1.54, 1.807) is 7.11 Å². The van der Waals surface area contributed by atoms with Crippen molar-refractivity contribution in [2.45, 2.75) is 13.5 Å². The molecule has 0 aliphatic heterocycles. The maximum absolute atomic E-state index is 8.61. The Hall–Kier alpha value is -0.820. The molecule has 0 saturated heterocycles. The minimum Gasteiger partial charge on any atom is -0.493 e. The normalized spacial score (nSPS) is 10.6. The van der Waals surface area contributed by atoms with Crippen LogP contribution in [0.3, 0.4) is 0 Å². The van der Waals surface area contributed by atoms with Gasteiger partial charge in [0, 0.05) is 23.1 Å². The van der Waals surface area contributed by atoms with Crippen molar-refractivity contribution in [3.05, 3.63) is 22.2 Å². The molecule has 1 aromatic rings. The zero-order valence-corrected chi connectivity index (χ0v) is 13.5. The highest BCUT2D eigenvalue weighted by Crippen LogP contribution is 2.36. The molecule has 0 fully saturated rings. The van der Waals surface area contributed by atoms with Gasteiger partial charge >= 0.3 is 0 Å². The van der Waals surface area contributed by atoms with Crippen molar-refractivity contribution in [2.75, 3.05) is 40.1 Å². The largest absolute Gasteiger partial charge is 0.493 e. The lowest BCUT2D eigenvalue weighted by Gasteiger charge is -2.16. The van der Waals surface area contributed by atoms with Gasteiger partial charge in [-0.3, -0.25) is 0 Å². The summed E-state index contributed by atoms with van der Waals surface area (Å²) in [4.78, 5) is 0. The summed E-state index contributed by atoms with van der Waals surface area (Å²) in [5, 5.41) is 11.9. The number of hydrogen-bond donors (Lipinski definition) is 2. The number of methoxy groups -OCH3 is 1. The van der Waals surface area contributed by atoms with Gasteiger partial charge in [0.15, 0.2) is 11.5 Å². The van der Waals surface area contributed by atoms with E-state index in [0.29, 0.717) is 32.9 Å². The molecule has 0 atom stereocenters. The van der Waals surface area contributed by atoms with Gasteiger partial charge in [0.2, 0.25) is 0 Å². The molecule has 0 aromatic heterocycles. The number of nitrogens with one attached hydrogen (secondary N) is 1. The zero-order valence-electron chi connectivity index (χ0n) is 11.9. The fourth-order valence-corrected chi connectivity index (χ4v) is 2.19. The molecule has 0 aliphatic rings. The molecule has 2 N–H and O–H groups in total. The van der Waals surface area contributed by atoms with Gasteiger partial charge in [0.25, 0.3) is 0 Å². The second kappa shape index (κ2) is 9.99. The van der Waals surface area contributed by atoms with E-state index in [0.717, 1.165) is 21.5 Å². The predicted molar refractivity (Wildman–Crippen MR) is 81.5 cm³/mol. The highest BCUT2D eigenvalue weighted by molar-refractivity contribution is 9.10. The van der Waals surface area contributed by atoms with Gasteiger partial charge in [0.1, 0.15) is 0 Å². The number of hydrogen-bond acceptors (Lipinski definition) is 5. The fraction of sp³-hybridized carbons (Fsp3) is 0.571. The molecule has 20 heavy (non-hydrogen) atoms. The lowest BCUT2D eigenvalue weighted by molar-refractivity contribution is 0.0937. The van der Waals surface area contributed by atoms with Crippen molar-refractivity contribution in [1.29, 1.82) is 0 Å². The summed E-state index contributed by atoms with van der Waals surface area (Å²) < 4.78 is 17.2. The number of ether oxygens (including phenoxy) is 3. The number of aliphatic hydroxyl groups excluding tert-OH is 1. The summed E-state index contributed by atoms with van der Waals surface area (Å²) in [6.45, 7) is 4.86. The molecule has 0 saturated carbocycles. The zero-order chi connectivity index (χ0) is 14.8. The fourth-order valence-electron chi connectivity index (χ4n) is 1.73. The Labute approximate surface area is 128 Å². The first-order chi connectivity index (χ1) is 9.74. The van der Waals surface area contributed by atoms with E-state index in [1.165, 1.54) is 0 Å². The quantitative estimate of drug-likeness (QED) is 0.633. The Balaban J connectivity index is 2.62. The summed E-state index contributed by atoms with van der Waals surface area (Å²) >= 11 is 3.53. The highest BCUT2D eigenvalue weighted by Gasteiger charge is 2.13. The highest BCUT2D eigenvalue weighted by atomic mass is 79.9. The van der Waals surface area contributed by atoms with Crippen LogP contribution in [-0.4, -0.2) is 45.2 Å². The molecule has 0 heterocycles. The van der Waals surface area contributed by atoms with Crippen LogP contribution >= 0.6 is 15.9 Å². The summed E-state index contributed by atoms with van der Waals surface area (Å²) in [6, 6.07) is 3.82. The SMILES string of the molecule is CCOc1c(OC)ccc(Br)c1CNCCOCCO. The van der Waals surface area contributed by atoms with E-state index in [1.807, 2.05) is 19.1 Å². The summed E-state index contributed by atoms with van der Waals surface area (Å²) in [7, 11) is 1.63. The molecule has 0 unspecified atom stereocenters. The first-order valence-electron chi connectivity index (χ1n) is 6.62. The monoisotopic (exact) mass is 347 g/mol. The van der Waals surface area contributed by atoms with E-state index in [4.69, 9.17) is 19.3 Å². The second-order valence-corrected chi connectivity index (χ2v) is 4.86. The van der Waals surface area contributed by atoms with E-state index >= 15 is 0 Å². The van der Waals surface area contributed by atoms with Crippen molar-refractivity contribution in [3.8, 4) is 11.5 Å². The van der Waals surface area contributed by atoms with Gasteiger partial charge in [-0.1, -0.05) is 15.9 Å². The van der Waals surface area contributed by atoms with Crippen LogP contribution in [0.15, 0.2) is 16.6 Å². The average Bonchev–Trinajstić information content (AvgIpc) is 2.45. The Kier molecular flexibility index (Phi) is 8.60. The third kappa shape index (κ3) is 5.28. The molecule has 0 bridgehead atoms. The van der Waals surface area contributed by atoms with Gasteiger partial charge in [0.05, 0.1) is 33.5 Å². The topological polar surface area (TPSA) is 60.0 Å². The Morgan fingerprint density at radius 1 is 1.30 bits per heavy atom. The molecule has 0 radical (unpaired) electrons. The van der Waals surface area contributed by atoms with Crippen LogP contribution in [0.2, 0.25) is 0 Å². The molecule has 1 rings (SSSR count). The van der Waals surface area contributed by atoms with Crippen LogP contribution in [0.5, 0.6) is 11.5 Å². The van der Waals surface area contributed by atoms with Crippen molar-refractivity contribution >= 4 is 15.9 Å². The molecule has 0 spiro atoms. The minimum atomic E-state index is 0.0515. The Morgan fingerprint density at radius 2 is 2.10 bits per heavy atom. The Morgan fingerprint density at radius 3 is 2.75 bits per heavy atom. The van der Waals surface area contributed by atoms with Gasteiger partial charge in [-0.05, 0) is 19.1 Å².